The molecule has 6 heteroatoms. The van der Waals surface area contributed by atoms with E-state index in [0.717, 1.165) is 28.6 Å². The van der Waals surface area contributed by atoms with Crippen molar-refractivity contribution in [1.82, 2.24) is 9.55 Å². The quantitative estimate of drug-likeness (QED) is 0.796. The van der Waals surface area contributed by atoms with Crippen molar-refractivity contribution in [1.29, 1.82) is 0 Å². The van der Waals surface area contributed by atoms with Gasteiger partial charge in [0.1, 0.15) is 0 Å². The van der Waals surface area contributed by atoms with E-state index in [1.807, 2.05) is 19.1 Å². The zero-order valence-electron chi connectivity index (χ0n) is 11.5. The van der Waals surface area contributed by atoms with E-state index in [9.17, 15) is 4.79 Å². The van der Waals surface area contributed by atoms with Crippen LogP contribution in [-0.4, -0.2) is 35.9 Å². The summed E-state index contributed by atoms with van der Waals surface area (Å²) in [5.74, 6) is 0.704. The molecule has 1 aliphatic rings. The van der Waals surface area contributed by atoms with Crippen LogP contribution in [0.2, 0.25) is 0 Å². The number of rotatable bonds is 1. The number of aryl methyl sites for hydroxylation is 1. The second-order valence-electron chi connectivity index (χ2n) is 5.02. The van der Waals surface area contributed by atoms with Gasteiger partial charge in [-0.15, -0.1) is 0 Å². The Morgan fingerprint density at radius 3 is 2.70 bits per heavy atom. The standard InChI is InChI=1S/C14H16BrN3O2/c1-9-7-10-12(11(15)8-9)16-14(17(2)13(10)19)18-3-5-20-6-4-18/h7-8H,3-6H2,1-2H3. The van der Waals surface area contributed by atoms with E-state index in [0.29, 0.717) is 24.5 Å². The molecule has 2 heterocycles. The second-order valence-corrected chi connectivity index (χ2v) is 5.87. The number of hydrogen-bond acceptors (Lipinski definition) is 4. The Labute approximate surface area is 125 Å². The van der Waals surface area contributed by atoms with Crippen LogP contribution < -0.4 is 10.5 Å². The van der Waals surface area contributed by atoms with E-state index in [4.69, 9.17) is 4.74 Å². The largest absolute Gasteiger partial charge is 0.378 e. The fraction of sp³-hybridized carbons (Fsp3) is 0.429. The number of ether oxygens (including phenoxy) is 1. The lowest BCUT2D eigenvalue weighted by atomic mass is 10.2. The summed E-state index contributed by atoms with van der Waals surface area (Å²) >= 11 is 3.51. The lowest BCUT2D eigenvalue weighted by Crippen LogP contribution is -2.40. The van der Waals surface area contributed by atoms with E-state index in [1.54, 1.807) is 11.6 Å². The molecule has 3 rings (SSSR count). The van der Waals surface area contributed by atoms with Crippen molar-refractivity contribution >= 4 is 32.8 Å². The van der Waals surface area contributed by atoms with Crippen LogP contribution in [0.1, 0.15) is 5.56 Å². The van der Waals surface area contributed by atoms with Crippen LogP contribution in [0.25, 0.3) is 10.9 Å². The van der Waals surface area contributed by atoms with Gasteiger partial charge in [0.25, 0.3) is 5.56 Å². The summed E-state index contributed by atoms with van der Waals surface area (Å²) < 4.78 is 7.84. The second kappa shape index (κ2) is 5.18. The van der Waals surface area contributed by atoms with Gasteiger partial charge in [-0.2, -0.15) is 0 Å². The van der Waals surface area contributed by atoms with E-state index in [-0.39, 0.29) is 5.56 Å². The van der Waals surface area contributed by atoms with Gasteiger partial charge in [0.2, 0.25) is 5.95 Å². The molecule has 1 fully saturated rings. The molecule has 0 atom stereocenters. The van der Waals surface area contributed by atoms with Crippen molar-refractivity contribution in [2.75, 3.05) is 31.2 Å². The molecule has 0 radical (unpaired) electrons. The predicted molar refractivity (Wildman–Crippen MR) is 82.5 cm³/mol. The molecule has 106 valence electrons. The molecule has 20 heavy (non-hydrogen) atoms. The van der Waals surface area contributed by atoms with Crippen LogP contribution in [-0.2, 0) is 11.8 Å². The van der Waals surface area contributed by atoms with Gasteiger partial charge >= 0.3 is 0 Å². The first kappa shape index (κ1) is 13.6. The molecule has 2 aromatic rings. The maximum absolute atomic E-state index is 12.5. The average Bonchev–Trinajstić information content (AvgIpc) is 2.44. The molecule has 1 aromatic heterocycles. The first-order chi connectivity index (χ1) is 9.58. The molecule has 0 N–H and O–H groups in total. The molecular weight excluding hydrogens is 322 g/mol. The van der Waals surface area contributed by atoms with Gasteiger partial charge < -0.3 is 9.64 Å². The van der Waals surface area contributed by atoms with Gasteiger partial charge in [-0.25, -0.2) is 4.98 Å². The lowest BCUT2D eigenvalue weighted by Gasteiger charge is -2.29. The minimum Gasteiger partial charge on any atom is -0.378 e. The molecular formula is C14H16BrN3O2. The Bertz CT molecular complexity index is 720. The summed E-state index contributed by atoms with van der Waals surface area (Å²) in [4.78, 5) is 19.3. The highest BCUT2D eigenvalue weighted by atomic mass is 79.9. The van der Waals surface area contributed by atoms with Gasteiger partial charge in [0.15, 0.2) is 0 Å². The molecule has 5 nitrogen and oxygen atoms in total. The monoisotopic (exact) mass is 337 g/mol. The number of anilines is 1. The summed E-state index contributed by atoms with van der Waals surface area (Å²) in [5, 5.41) is 0.649. The number of morpholine rings is 1. The van der Waals surface area contributed by atoms with Crippen molar-refractivity contribution in [2.45, 2.75) is 6.92 Å². The number of fused-ring (bicyclic) bond motifs is 1. The van der Waals surface area contributed by atoms with Crippen molar-refractivity contribution in [2.24, 2.45) is 7.05 Å². The highest BCUT2D eigenvalue weighted by molar-refractivity contribution is 9.10. The number of benzene rings is 1. The molecule has 0 aliphatic carbocycles. The van der Waals surface area contributed by atoms with Crippen LogP contribution in [0.4, 0.5) is 5.95 Å². The first-order valence-electron chi connectivity index (χ1n) is 6.57. The van der Waals surface area contributed by atoms with E-state index in [1.165, 1.54) is 0 Å². The van der Waals surface area contributed by atoms with Gasteiger partial charge in [-0.3, -0.25) is 9.36 Å². The van der Waals surface area contributed by atoms with Gasteiger partial charge in [-0.05, 0) is 40.5 Å². The van der Waals surface area contributed by atoms with Crippen LogP contribution in [0.15, 0.2) is 21.4 Å². The highest BCUT2D eigenvalue weighted by Crippen LogP contribution is 2.24. The summed E-state index contributed by atoms with van der Waals surface area (Å²) in [7, 11) is 1.77. The Kier molecular flexibility index (Phi) is 3.52. The summed E-state index contributed by atoms with van der Waals surface area (Å²) in [6, 6.07) is 3.87. The first-order valence-corrected chi connectivity index (χ1v) is 7.37. The topological polar surface area (TPSA) is 47.4 Å². The molecule has 0 spiro atoms. The molecule has 0 unspecified atom stereocenters. The molecule has 0 saturated carbocycles. The lowest BCUT2D eigenvalue weighted by molar-refractivity contribution is 0.121. The number of aromatic nitrogens is 2. The van der Waals surface area contributed by atoms with E-state index >= 15 is 0 Å². The number of halogens is 1. The van der Waals surface area contributed by atoms with Crippen molar-refractivity contribution in [3.05, 3.63) is 32.5 Å². The normalized spacial score (nSPS) is 15.8. The van der Waals surface area contributed by atoms with Crippen molar-refractivity contribution in [3.63, 3.8) is 0 Å². The van der Waals surface area contributed by atoms with Crippen LogP contribution in [0, 0.1) is 6.92 Å². The number of nitrogens with zero attached hydrogens (tertiary/aromatic N) is 3. The van der Waals surface area contributed by atoms with Gasteiger partial charge in [0.05, 0.1) is 24.1 Å². The van der Waals surface area contributed by atoms with Gasteiger partial charge in [-0.1, -0.05) is 0 Å². The van der Waals surface area contributed by atoms with Crippen molar-refractivity contribution < 1.29 is 4.74 Å². The third-order valence-electron chi connectivity index (χ3n) is 3.55. The fourth-order valence-corrected chi connectivity index (χ4v) is 3.17. The molecule has 0 bridgehead atoms. The third-order valence-corrected chi connectivity index (χ3v) is 4.15. The molecule has 1 saturated heterocycles. The Morgan fingerprint density at radius 2 is 2.00 bits per heavy atom. The van der Waals surface area contributed by atoms with Crippen molar-refractivity contribution in [3.8, 4) is 0 Å². The summed E-state index contributed by atoms with van der Waals surface area (Å²) in [6.07, 6.45) is 0. The van der Waals surface area contributed by atoms with E-state index < -0.39 is 0 Å². The predicted octanol–water partition coefficient (Wildman–Crippen LogP) is 1.84. The zero-order valence-corrected chi connectivity index (χ0v) is 13.1. The average molecular weight is 338 g/mol. The fourth-order valence-electron chi connectivity index (χ4n) is 2.50. The van der Waals surface area contributed by atoms with Crippen LogP contribution in [0.3, 0.4) is 0 Å². The summed E-state index contributed by atoms with van der Waals surface area (Å²) in [5.41, 5.74) is 1.75. The Morgan fingerprint density at radius 1 is 1.30 bits per heavy atom. The maximum Gasteiger partial charge on any atom is 0.262 e. The molecule has 1 aromatic carbocycles. The number of hydrogen-bond donors (Lipinski definition) is 0. The smallest absolute Gasteiger partial charge is 0.262 e. The summed E-state index contributed by atoms with van der Waals surface area (Å²) in [6.45, 7) is 4.83. The van der Waals surface area contributed by atoms with E-state index in [2.05, 4.69) is 25.8 Å². The van der Waals surface area contributed by atoms with Crippen LogP contribution in [0.5, 0.6) is 0 Å². The zero-order chi connectivity index (χ0) is 14.3. The highest BCUT2D eigenvalue weighted by Gasteiger charge is 2.18. The maximum atomic E-state index is 12.5. The Hall–Kier alpha value is -1.40. The minimum atomic E-state index is -0.0131. The molecule has 1 aliphatic heterocycles. The SMILES string of the molecule is Cc1cc(Br)c2nc(N3CCOCC3)n(C)c(=O)c2c1. The Balaban J connectivity index is 2.24. The minimum absolute atomic E-state index is 0.0131. The van der Waals surface area contributed by atoms with Crippen LogP contribution >= 0.6 is 15.9 Å². The third kappa shape index (κ3) is 2.23. The van der Waals surface area contributed by atoms with Gasteiger partial charge in [0, 0.05) is 24.6 Å². The molecule has 0 amide bonds.